The van der Waals surface area contributed by atoms with E-state index in [-0.39, 0.29) is 17.6 Å². The van der Waals surface area contributed by atoms with Gasteiger partial charge in [0.2, 0.25) is 0 Å². The summed E-state index contributed by atoms with van der Waals surface area (Å²) < 4.78 is 41.4. The number of hydrogen-bond acceptors (Lipinski definition) is 3. The van der Waals surface area contributed by atoms with Crippen molar-refractivity contribution in [2.24, 2.45) is 0 Å². The molecule has 0 spiro atoms. The van der Waals surface area contributed by atoms with Gasteiger partial charge in [0.15, 0.2) is 6.61 Å². The number of anilines is 1. The highest BCUT2D eigenvalue weighted by Gasteiger charge is 2.29. The lowest BCUT2D eigenvalue weighted by Crippen LogP contribution is -2.19. The van der Waals surface area contributed by atoms with Crippen molar-refractivity contribution in [2.45, 2.75) is 26.1 Å². The topological polar surface area (TPSA) is 53.1 Å². The third-order valence-electron chi connectivity index (χ3n) is 1.63. The van der Waals surface area contributed by atoms with Gasteiger partial charge in [-0.05, 0) is 13.8 Å². The van der Waals surface area contributed by atoms with Crippen molar-refractivity contribution < 1.29 is 17.9 Å². The summed E-state index contributed by atoms with van der Waals surface area (Å²) in [5, 5.41) is 3.78. The number of nitrogen functional groups attached to an aromatic ring is 1. The molecule has 0 unspecified atom stereocenters. The molecule has 0 fully saturated rings. The second-order valence-corrected chi connectivity index (χ2v) is 3.37. The van der Waals surface area contributed by atoms with Crippen LogP contribution in [0, 0.1) is 0 Å². The lowest BCUT2D eigenvalue weighted by atomic mass is 10.4. The summed E-state index contributed by atoms with van der Waals surface area (Å²) in [5.41, 5.74) is 5.54. The Balaban J connectivity index is 2.69. The van der Waals surface area contributed by atoms with Crippen LogP contribution in [0.1, 0.15) is 19.9 Å². The Morgan fingerprint density at radius 2 is 2.13 bits per heavy atom. The SMILES string of the molecule is CC(C)n1cc(N)c(OCC(F)(F)F)n1. The normalized spacial score (nSPS) is 12.1. The monoisotopic (exact) mass is 223 g/mol. The molecule has 1 heterocycles. The Bertz CT molecular complexity index is 332. The van der Waals surface area contributed by atoms with Crippen LogP contribution in [0.4, 0.5) is 18.9 Å². The predicted octanol–water partition coefficient (Wildman–Crippen LogP) is 1.99. The van der Waals surface area contributed by atoms with Crippen molar-refractivity contribution in [3.63, 3.8) is 0 Å². The van der Waals surface area contributed by atoms with E-state index in [1.807, 2.05) is 13.8 Å². The number of nitrogens with two attached hydrogens (primary N) is 1. The molecule has 0 saturated carbocycles. The second-order valence-electron chi connectivity index (χ2n) is 3.37. The maximum atomic E-state index is 11.8. The van der Waals surface area contributed by atoms with Gasteiger partial charge in [-0.3, -0.25) is 4.68 Å². The number of hydrogen-bond donors (Lipinski definition) is 1. The Hall–Kier alpha value is -1.40. The molecule has 15 heavy (non-hydrogen) atoms. The molecule has 0 aliphatic heterocycles. The molecule has 1 aromatic heterocycles. The molecular formula is C8H12F3N3O. The van der Waals surface area contributed by atoms with Crippen molar-refractivity contribution in [1.29, 1.82) is 0 Å². The molecule has 0 atom stereocenters. The first kappa shape index (κ1) is 11.7. The van der Waals surface area contributed by atoms with E-state index in [9.17, 15) is 13.2 Å². The van der Waals surface area contributed by atoms with E-state index in [4.69, 9.17) is 5.73 Å². The largest absolute Gasteiger partial charge is 0.466 e. The molecule has 7 heteroatoms. The minimum atomic E-state index is -4.38. The fourth-order valence-electron chi connectivity index (χ4n) is 0.916. The number of nitrogens with zero attached hydrogens (tertiary/aromatic N) is 2. The molecule has 0 aromatic carbocycles. The Morgan fingerprint density at radius 3 is 2.53 bits per heavy atom. The van der Waals surface area contributed by atoms with Gasteiger partial charge >= 0.3 is 6.18 Å². The van der Waals surface area contributed by atoms with Gasteiger partial charge in [0.05, 0.1) is 6.20 Å². The minimum Gasteiger partial charge on any atom is -0.466 e. The van der Waals surface area contributed by atoms with Gasteiger partial charge in [-0.1, -0.05) is 0 Å². The smallest absolute Gasteiger partial charge is 0.422 e. The highest BCUT2D eigenvalue weighted by Crippen LogP contribution is 2.23. The molecule has 0 radical (unpaired) electrons. The van der Waals surface area contributed by atoms with Gasteiger partial charge in [-0.15, -0.1) is 5.10 Å². The molecule has 86 valence electrons. The van der Waals surface area contributed by atoms with Crippen LogP contribution < -0.4 is 10.5 Å². The van der Waals surface area contributed by atoms with Crippen molar-refractivity contribution in [3.8, 4) is 5.88 Å². The first-order valence-corrected chi connectivity index (χ1v) is 4.34. The van der Waals surface area contributed by atoms with Crippen LogP contribution in [0.3, 0.4) is 0 Å². The lowest BCUT2D eigenvalue weighted by Gasteiger charge is -2.07. The van der Waals surface area contributed by atoms with Gasteiger partial charge < -0.3 is 10.5 Å². The van der Waals surface area contributed by atoms with Gasteiger partial charge in [-0.25, -0.2) is 0 Å². The standard InChI is InChI=1S/C8H12F3N3O/c1-5(2)14-3-6(12)7(13-14)15-4-8(9,10)11/h3,5H,4,12H2,1-2H3. The van der Waals surface area contributed by atoms with Gasteiger partial charge in [-0.2, -0.15) is 13.2 Å². The van der Waals surface area contributed by atoms with Crippen molar-refractivity contribution in [2.75, 3.05) is 12.3 Å². The Labute approximate surface area is 84.8 Å². The highest BCUT2D eigenvalue weighted by atomic mass is 19.4. The average molecular weight is 223 g/mol. The first-order valence-electron chi connectivity index (χ1n) is 4.34. The third-order valence-corrected chi connectivity index (χ3v) is 1.63. The molecule has 0 bridgehead atoms. The van der Waals surface area contributed by atoms with E-state index >= 15 is 0 Å². The molecular weight excluding hydrogens is 211 g/mol. The summed E-state index contributed by atoms with van der Waals surface area (Å²) in [6.07, 6.45) is -2.94. The predicted molar refractivity (Wildman–Crippen MR) is 48.6 cm³/mol. The van der Waals surface area contributed by atoms with Crippen LogP contribution in [0.5, 0.6) is 5.88 Å². The Kier molecular flexibility index (Phi) is 3.11. The van der Waals surface area contributed by atoms with Crippen LogP contribution in [-0.2, 0) is 0 Å². The van der Waals surface area contributed by atoms with Gasteiger partial charge in [0.25, 0.3) is 5.88 Å². The van der Waals surface area contributed by atoms with E-state index < -0.39 is 12.8 Å². The average Bonchev–Trinajstić information content (AvgIpc) is 2.42. The summed E-state index contributed by atoms with van der Waals surface area (Å²) in [6, 6.07) is 0.0236. The summed E-state index contributed by atoms with van der Waals surface area (Å²) in [4.78, 5) is 0. The van der Waals surface area contributed by atoms with Crippen LogP contribution in [0.2, 0.25) is 0 Å². The summed E-state index contributed by atoms with van der Waals surface area (Å²) >= 11 is 0. The van der Waals surface area contributed by atoms with Crippen molar-refractivity contribution in [3.05, 3.63) is 6.20 Å². The number of halogens is 3. The minimum absolute atomic E-state index is 0.0236. The van der Waals surface area contributed by atoms with Gasteiger partial charge in [0, 0.05) is 6.04 Å². The lowest BCUT2D eigenvalue weighted by molar-refractivity contribution is -0.154. The zero-order valence-electron chi connectivity index (χ0n) is 8.38. The molecule has 0 amide bonds. The highest BCUT2D eigenvalue weighted by molar-refractivity contribution is 5.45. The van der Waals surface area contributed by atoms with Crippen LogP contribution >= 0.6 is 0 Å². The quantitative estimate of drug-likeness (QED) is 0.852. The molecule has 4 nitrogen and oxygen atoms in total. The molecule has 0 aliphatic carbocycles. The zero-order chi connectivity index (χ0) is 11.6. The van der Waals surface area contributed by atoms with Crippen molar-refractivity contribution >= 4 is 5.69 Å². The summed E-state index contributed by atoms with van der Waals surface area (Å²) in [6.45, 7) is 2.28. The zero-order valence-corrected chi connectivity index (χ0v) is 8.38. The van der Waals surface area contributed by atoms with Gasteiger partial charge in [0.1, 0.15) is 5.69 Å². The van der Waals surface area contributed by atoms with Crippen LogP contribution in [-0.4, -0.2) is 22.6 Å². The van der Waals surface area contributed by atoms with E-state index in [0.29, 0.717) is 0 Å². The molecule has 1 rings (SSSR count). The van der Waals surface area contributed by atoms with Crippen LogP contribution in [0.15, 0.2) is 6.20 Å². The summed E-state index contributed by atoms with van der Waals surface area (Å²) in [5.74, 6) is -0.180. The first-order chi connectivity index (χ1) is 6.79. The molecule has 0 saturated heterocycles. The fourth-order valence-corrected chi connectivity index (χ4v) is 0.916. The summed E-state index contributed by atoms with van der Waals surface area (Å²) in [7, 11) is 0. The molecule has 2 N–H and O–H groups in total. The second kappa shape index (κ2) is 4.00. The van der Waals surface area contributed by atoms with E-state index in [2.05, 4.69) is 9.84 Å². The Morgan fingerprint density at radius 1 is 1.53 bits per heavy atom. The maximum Gasteiger partial charge on any atom is 0.422 e. The number of rotatable bonds is 3. The molecule has 0 aliphatic rings. The molecule has 1 aromatic rings. The van der Waals surface area contributed by atoms with E-state index in [1.54, 1.807) is 0 Å². The van der Waals surface area contributed by atoms with Crippen molar-refractivity contribution in [1.82, 2.24) is 9.78 Å². The number of aromatic nitrogens is 2. The number of ether oxygens (including phenoxy) is 1. The third kappa shape index (κ3) is 3.34. The van der Waals surface area contributed by atoms with Crippen LogP contribution in [0.25, 0.3) is 0 Å². The van der Waals surface area contributed by atoms with E-state index in [1.165, 1.54) is 10.9 Å². The maximum absolute atomic E-state index is 11.8. The fraction of sp³-hybridized carbons (Fsp3) is 0.625. The van der Waals surface area contributed by atoms with E-state index in [0.717, 1.165) is 0 Å². The number of alkyl halides is 3.